The number of esters is 2. The predicted molar refractivity (Wildman–Crippen MR) is 222 cm³/mol. The van der Waals surface area contributed by atoms with Crippen LogP contribution in [0.15, 0.2) is 12.2 Å². The molecule has 0 N–H and O–H groups in total. The fraction of sp³-hybridized carbons (Fsp3) is 0.891. The van der Waals surface area contributed by atoms with Crippen LogP contribution in [0.25, 0.3) is 0 Å². The van der Waals surface area contributed by atoms with E-state index in [4.69, 9.17) is 14.2 Å². The third-order valence-corrected chi connectivity index (χ3v) is 10.4. The van der Waals surface area contributed by atoms with Crippen molar-refractivity contribution in [2.75, 3.05) is 41.0 Å². The maximum absolute atomic E-state index is 12.7. The second kappa shape index (κ2) is 38.0. The van der Waals surface area contributed by atoms with E-state index in [-0.39, 0.29) is 42.7 Å². The molecule has 0 saturated heterocycles. The SMILES string of the molecule is CCCCCC/C=C/CCCCCCCCCC(=O)OCC(COCCC(C(=O)[O-])[N+](C)(C)C)OC(=O)CCCCCCCCCCCCCCCCC. The van der Waals surface area contributed by atoms with Crippen molar-refractivity contribution in [3.8, 4) is 0 Å². The maximum atomic E-state index is 12.7. The third kappa shape index (κ3) is 35.8. The van der Waals surface area contributed by atoms with Gasteiger partial charge in [0.2, 0.25) is 0 Å². The molecule has 0 heterocycles. The third-order valence-electron chi connectivity index (χ3n) is 10.4. The molecule has 0 rings (SSSR count). The fourth-order valence-corrected chi connectivity index (χ4v) is 6.83. The van der Waals surface area contributed by atoms with E-state index in [0.717, 1.165) is 38.5 Å². The number of allylic oxidation sites excluding steroid dienone is 2. The summed E-state index contributed by atoms with van der Waals surface area (Å²) in [7, 11) is 5.41. The molecule has 8 nitrogen and oxygen atoms in total. The number of hydrogen-bond donors (Lipinski definition) is 0. The number of ether oxygens (including phenoxy) is 3. The Bertz CT molecular complexity index is 900. The highest BCUT2D eigenvalue weighted by Gasteiger charge is 2.25. The minimum Gasteiger partial charge on any atom is -0.544 e. The minimum atomic E-state index is -1.12. The van der Waals surface area contributed by atoms with E-state index in [0.29, 0.717) is 12.8 Å². The number of aliphatic carboxylic acids is 1. The molecule has 0 aliphatic heterocycles. The number of carbonyl (C=O) groups is 3. The first kappa shape index (κ1) is 52.1. The van der Waals surface area contributed by atoms with Crippen molar-refractivity contribution < 1.29 is 38.2 Å². The molecule has 318 valence electrons. The van der Waals surface area contributed by atoms with Crippen molar-refractivity contribution in [1.82, 2.24) is 0 Å². The van der Waals surface area contributed by atoms with Crippen molar-refractivity contribution >= 4 is 17.9 Å². The van der Waals surface area contributed by atoms with Gasteiger partial charge in [-0.25, -0.2) is 0 Å². The minimum absolute atomic E-state index is 0.0452. The number of likely N-dealkylation sites (N-methyl/N-ethyl adjacent to an activating group) is 1. The topological polar surface area (TPSA) is 102 Å². The number of quaternary nitrogens is 1. The first-order valence-electron chi connectivity index (χ1n) is 22.7. The van der Waals surface area contributed by atoms with Crippen molar-refractivity contribution in [2.24, 2.45) is 0 Å². The van der Waals surface area contributed by atoms with Crippen LogP contribution in [0.3, 0.4) is 0 Å². The molecular formula is C46H87NO7. The van der Waals surface area contributed by atoms with E-state index in [9.17, 15) is 19.5 Å². The molecule has 8 heteroatoms. The van der Waals surface area contributed by atoms with Gasteiger partial charge in [-0.1, -0.05) is 167 Å². The molecule has 0 amide bonds. The summed E-state index contributed by atoms with van der Waals surface area (Å²) in [5.74, 6) is -1.73. The van der Waals surface area contributed by atoms with Crippen LogP contribution in [0.4, 0.5) is 0 Å². The van der Waals surface area contributed by atoms with Gasteiger partial charge in [0.05, 0.1) is 40.3 Å². The Hall–Kier alpha value is -1.93. The highest BCUT2D eigenvalue weighted by Crippen LogP contribution is 2.15. The summed E-state index contributed by atoms with van der Waals surface area (Å²) >= 11 is 0. The first-order valence-corrected chi connectivity index (χ1v) is 22.7. The molecule has 0 spiro atoms. The lowest BCUT2D eigenvalue weighted by Gasteiger charge is -2.34. The van der Waals surface area contributed by atoms with Crippen LogP contribution < -0.4 is 5.11 Å². The van der Waals surface area contributed by atoms with Crippen LogP contribution in [-0.2, 0) is 28.6 Å². The van der Waals surface area contributed by atoms with Crippen LogP contribution in [0.5, 0.6) is 0 Å². The number of rotatable bonds is 41. The second-order valence-electron chi connectivity index (χ2n) is 16.6. The Balaban J connectivity index is 4.30. The summed E-state index contributed by atoms with van der Waals surface area (Å²) in [4.78, 5) is 36.8. The van der Waals surface area contributed by atoms with Gasteiger partial charge in [0.25, 0.3) is 0 Å². The number of unbranched alkanes of at least 4 members (excludes halogenated alkanes) is 25. The lowest BCUT2D eigenvalue weighted by Crippen LogP contribution is -2.55. The monoisotopic (exact) mass is 766 g/mol. The van der Waals surface area contributed by atoms with Gasteiger partial charge in [0.1, 0.15) is 12.6 Å². The van der Waals surface area contributed by atoms with E-state index in [1.807, 2.05) is 0 Å². The summed E-state index contributed by atoms with van der Waals surface area (Å²) in [6, 6.07) is -0.721. The normalized spacial score (nSPS) is 13.0. The van der Waals surface area contributed by atoms with Crippen molar-refractivity contribution in [3.05, 3.63) is 12.2 Å². The van der Waals surface area contributed by atoms with E-state index >= 15 is 0 Å². The molecule has 0 aromatic rings. The maximum Gasteiger partial charge on any atom is 0.306 e. The quantitative estimate of drug-likeness (QED) is 0.0264. The summed E-state index contributed by atoms with van der Waals surface area (Å²) in [5, 5.41) is 11.6. The van der Waals surface area contributed by atoms with Crippen LogP contribution >= 0.6 is 0 Å². The largest absolute Gasteiger partial charge is 0.544 e. The smallest absolute Gasteiger partial charge is 0.306 e. The van der Waals surface area contributed by atoms with Crippen LogP contribution in [0.1, 0.15) is 213 Å². The van der Waals surface area contributed by atoms with E-state index < -0.39 is 18.1 Å². The van der Waals surface area contributed by atoms with Gasteiger partial charge in [-0.3, -0.25) is 9.59 Å². The predicted octanol–water partition coefficient (Wildman–Crippen LogP) is 11.0. The highest BCUT2D eigenvalue weighted by atomic mass is 16.6. The summed E-state index contributed by atoms with van der Waals surface area (Å²) < 4.78 is 17.2. The zero-order valence-electron chi connectivity index (χ0n) is 36.2. The molecule has 54 heavy (non-hydrogen) atoms. The van der Waals surface area contributed by atoms with Gasteiger partial charge >= 0.3 is 11.9 Å². The second-order valence-corrected chi connectivity index (χ2v) is 16.6. The molecule has 0 aromatic heterocycles. The molecule has 0 aliphatic rings. The van der Waals surface area contributed by atoms with Gasteiger partial charge in [-0.05, 0) is 38.5 Å². The molecule has 0 radical (unpaired) electrons. The average Bonchev–Trinajstić information content (AvgIpc) is 3.12. The molecule has 2 unspecified atom stereocenters. The molecule has 0 fully saturated rings. The lowest BCUT2D eigenvalue weighted by atomic mass is 10.0. The van der Waals surface area contributed by atoms with Gasteiger partial charge < -0.3 is 28.6 Å². The number of nitrogens with zero attached hydrogens (tertiary/aromatic N) is 1. The molecular weight excluding hydrogens is 679 g/mol. The Morgan fingerprint density at radius 1 is 0.537 bits per heavy atom. The van der Waals surface area contributed by atoms with Crippen LogP contribution in [0, 0.1) is 0 Å². The van der Waals surface area contributed by atoms with Gasteiger partial charge in [-0.15, -0.1) is 0 Å². The van der Waals surface area contributed by atoms with Crippen molar-refractivity contribution in [3.63, 3.8) is 0 Å². The average molecular weight is 766 g/mol. The first-order chi connectivity index (χ1) is 26.1. The number of carbonyl (C=O) groups excluding carboxylic acids is 3. The summed E-state index contributed by atoms with van der Waals surface area (Å²) in [6.45, 7) is 4.67. The summed E-state index contributed by atoms with van der Waals surface area (Å²) in [5.41, 5.74) is 0. The standard InChI is InChI=1S/C46H87NO7/c1-6-8-10-12-14-16-18-20-22-24-26-28-30-32-34-36-44(48)53-41-42(40-52-39-38-43(46(50)51)47(3,4)5)54-45(49)37-35-33-31-29-27-25-23-21-19-17-15-13-11-9-7-2/h16,18,42-43H,6-15,17,19-41H2,1-5H3/b18-16+. The van der Waals surface area contributed by atoms with E-state index in [1.54, 1.807) is 21.1 Å². The molecule has 0 saturated carbocycles. The highest BCUT2D eigenvalue weighted by molar-refractivity contribution is 5.70. The fourth-order valence-electron chi connectivity index (χ4n) is 6.83. The van der Waals surface area contributed by atoms with Crippen molar-refractivity contribution in [1.29, 1.82) is 0 Å². The number of hydrogen-bond acceptors (Lipinski definition) is 7. The van der Waals surface area contributed by atoms with Crippen LogP contribution in [-0.4, -0.2) is 75.5 Å². The molecule has 0 bridgehead atoms. The van der Waals surface area contributed by atoms with Gasteiger partial charge in [0, 0.05) is 19.3 Å². The molecule has 2 atom stereocenters. The number of carboxylic acids is 1. The van der Waals surface area contributed by atoms with E-state index in [1.165, 1.54) is 141 Å². The van der Waals surface area contributed by atoms with Gasteiger partial charge in [-0.2, -0.15) is 0 Å². The van der Waals surface area contributed by atoms with Crippen molar-refractivity contribution in [2.45, 2.75) is 225 Å². The molecule has 0 aliphatic carbocycles. The molecule has 0 aromatic carbocycles. The Morgan fingerprint density at radius 3 is 1.35 bits per heavy atom. The Labute approximate surface area is 333 Å². The van der Waals surface area contributed by atoms with Crippen LogP contribution in [0.2, 0.25) is 0 Å². The zero-order chi connectivity index (χ0) is 40.0. The Morgan fingerprint density at radius 2 is 0.926 bits per heavy atom. The lowest BCUT2D eigenvalue weighted by molar-refractivity contribution is -0.889. The van der Waals surface area contributed by atoms with E-state index in [2.05, 4.69) is 26.0 Å². The summed E-state index contributed by atoms with van der Waals surface area (Å²) in [6.07, 6.45) is 39.4. The number of carboxylic acid groups (broad SMARTS) is 1. The Kier molecular flexibility index (Phi) is 36.6. The zero-order valence-corrected chi connectivity index (χ0v) is 36.2. The van der Waals surface area contributed by atoms with Gasteiger partial charge in [0.15, 0.2) is 6.10 Å².